The number of aromatic nitrogens is 1. The van der Waals surface area contributed by atoms with Crippen molar-refractivity contribution < 1.29 is 18.3 Å². The van der Waals surface area contributed by atoms with Crippen LogP contribution in [0.15, 0.2) is 36.5 Å². The number of likely N-dealkylation sites (tertiary alicyclic amines) is 1. The molecule has 1 aliphatic heterocycles. The molecule has 1 aliphatic rings. The van der Waals surface area contributed by atoms with Gasteiger partial charge in [-0.15, -0.1) is 0 Å². The van der Waals surface area contributed by atoms with Crippen molar-refractivity contribution in [2.75, 3.05) is 13.1 Å². The number of nitriles is 1. The second kappa shape index (κ2) is 8.75. The molecule has 7 heteroatoms. The monoisotopic (exact) mass is 417 g/mol. The summed E-state index contributed by atoms with van der Waals surface area (Å²) in [6, 6.07) is 10.8. The molecule has 1 aromatic heterocycles. The summed E-state index contributed by atoms with van der Waals surface area (Å²) < 4.78 is 40.6. The predicted octanol–water partition coefficient (Wildman–Crippen LogP) is 4.32. The molecule has 0 unspecified atom stereocenters. The number of hydrogen-bond acceptors (Lipinski definition) is 4. The summed E-state index contributed by atoms with van der Waals surface area (Å²) >= 11 is 0. The Labute approximate surface area is 175 Å². The maximum Gasteiger partial charge on any atom is 0.414 e. The molecule has 3 rings (SSSR count). The van der Waals surface area contributed by atoms with Crippen LogP contribution >= 0.6 is 0 Å². The molecule has 1 N–H and O–H groups in total. The van der Waals surface area contributed by atoms with E-state index in [9.17, 15) is 18.3 Å². The number of aliphatic hydroxyl groups is 1. The zero-order valence-corrected chi connectivity index (χ0v) is 17.2. The van der Waals surface area contributed by atoms with Crippen LogP contribution in [0.25, 0.3) is 0 Å². The predicted molar refractivity (Wildman–Crippen MR) is 108 cm³/mol. The molecule has 1 fully saturated rings. The van der Waals surface area contributed by atoms with Crippen LogP contribution in [0.1, 0.15) is 40.8 Å². The quantitative estimate of drug-likeness (QED) is 0.761. The molecule has 0 aliphatic carbocycles. The normalized spacial score (nSPS) is 20.8. The zero-order valence-electron chi connectivity index (χ0n) is 17.2. The van der Waals surface area contributed by atoms with Crippen LogP contribution < -0.4 is 0 Å². The van der Waals surface area contributed by atoms with E-state index in [0.717, 1.165) is 22.4 Å². The fourth-order valence-electron chi connectivity index (χ4n) is 4.36. The second-order valence-electron chi connectivity index (χ2n) is 8.27. The van der Waals surface area contributed by atoms with Crippen molar-refractivity contribution in [3.8, 4) is 6.07 Å². The van der Waals surface area contributed by atoms with Crippen LogP contribution in [-0.2, 0) is 13.0 Å². The number of alkyl halides is 3. The minimum atomic E-state index is -4.67. The van der Waals surface area contributed by atoms with Gasteiger partial charge in [-0.2, -0.15) is 18.4 Å². The summed E-state index contributed by atoms with van der Waals surface area (Å²) in [5, 5.41) is 19.2. The van der Waals surface area contributed by atoms with Gasteiger partial charge in [-0.1, -0.05) is 12.1 Å². The Kier molecular flexibility index (Phi) is 6.49. The Balaban J connectivity index is 1.78. The van der Waals surface area contributed by atoms with E-state index in [1.807, 2.05) is 30.9 Å². The van der Waals surface area contributed by atoms with Crippen molar-refractivity contribution in [2.45, 2.75) is 51.9 Å². The second-order valence-corrected chi connectivity index (χ2v) is 8.27. The molecule has 0 bridgehead atoms. The Hall–Kier alpha value is -2.43. The van der Waals surface area contributed by atoms with Crippen molar-refractivity contribution >= 4 is 0 Å². The summed E-state index contributed by atoms with van der Waals surface area (Å²) in [6.07, 6.45) is -4.39. The third-order valence-corrected chi connectivity index (χ3v) is 6.24. The molecule has 0 radical (unpaired) electrons. The van der Waals surface area contributed by atoms with Crippen LogP contribution in [0, 0.1) is 30.6 Å². The first kappa shape index (κ1) is 22.3. The molecule has 0 spiro atoms. The lowest BCUT2D eigenvalue weighted by Crippen LogP contribution is -2.47. The van der Waals surface area contributed by atoms with Gasteiger partial charge in [0.05, 0.1) is 11.6 Å². The summed E-state index contributed by atoms with van der Waals surface area (Å²) in [7, 11) is 0. The van der Waals surface area contributed by atoms with Gasteiger partial charge in [-0.25, -0.2) is 0 Å². The summed E-state index contributed by atoms with van der Waals surface area (Å²) in [6.45, 7) is 5.07. The molecule has 160 valence electrons. The van der Waals surface area contributed by atoms with Gasteiger partial charge in [0.15, 0.2) is 6.10 Å². The van der Waals surface area contributed by atoms with E-state index in [1.54, 1.807) is 30.5 Å². The van der Waals surface area contributed by atoms with Crippen molar-refractivity contribution in [3.05, 3.63) is 64.5 Å². The van der Waals surface area contributed by atoms with Gasteiger partial charge in [0, 0.05) is 30.4 Å². The molecule has 1 aromatic carbocycles. The first-order valence-electron chi connectivity index (χ1n) is 10.0. The van der Waals surface area contributed by atoms with E-state index in [-0.39, 0.29) is 19.4 Å². The molecule has 2 atom stereocenters. The van der Waals surface area contributed by atoms with Gasteiger partial charge in [0.1, 0.15) is 0 Å². The number of aryl methyl sites for hydroxylation is 3. The lowest BCUT2D eigenvalue weighted by atomic mass is 9.76. The number of hydrogen-bond donors (Lipinski definition) is 1. The number of aliphatic hydroxyl groups excluding tert-OH is 1. The fraction of sp³-hybridized carbons (Fsp3) is 0.478. The van der Waals surface area contributed by atoms with E-state index in [4.69, 9.17) is 5.26 Å². The lowest BCUT2D eigenvalue weighted by molar-refractivity contribution is -0.238. The van der Waals surface area contributed by atoms with E-state index < -0.39 is 17.7 Å². The molecule has 1 saturated heterocycles. The van der Waals surface area contributed by atoms with Gasteiger partial charge in [-0.05, 0) is 74.5 Å². The Morgan fingerprint density at radius 1 is 1.23 bits per heavy atom. The third-order valence-electron chi connectivity index (χ3n) is 6.24. The first-order valence-corrected chi connectivity index (χ1v) is 10.0. The van der Waals surface area contributed by atoms with E-state index in [2.05, 4.69) is 4.98 Å². The molecular formula is C23H26F3N3O. The van der Waals surface area contributed by atoms with E-state index in [0.29, 0.717) is 25.1 Å². The lowest BCUT2D eigenvalue weighted by Gasteiger charge is -2.36. The highest BCUT2D eigenvalue weighted by Gasteiger charge is 2.55. The van der Waals surface area contributed by atoms with Crippen molar-refractivity contribution in [3.63, 3.8) is 0 Å². The zero-order chi connectivity index (χ0) is 21.9. The minimum Gasteiger partial charge on any atom is -0.383 e. The van der Waals surface area contributed by atoms with Crippen molar-refractivity contribution in [1.29, 1.82) is 5.26 Å². The van der Waals surface area contributed by atoms with Crippen molar-refractivity contribution in [2.24, 2.45) is 5.41 Å². The Morgan fingerprint density at radius 2 is 1.93 bits per heavy atom. The molecule has 2 aromatic rings. The average Bonchev–Trinajstić information content (AvgIpc) is 3.12. The number of nitrogens with zero attached hydrogens (tertiary/aromatic N) is 3. The molecular weight excluding hydrogens is 391 g/mol. The van der Waals surface area contributed by atoms with Gasteiger partial charge in [0.25, 0.3) is 0 Å². The topological polar surface area (TPSA) is 60.2 Å². The molecule has 30 heavy (non-hydrogen) atoms. The summed E-state index contributed by atoms with van der Waals surface area (Å²) in [5.74, 6) is 0. The highest BCUT2D eigenvalue weighted by atomic mass is 19.4. The van der Waals surface area contributed by atoms with E-state index >= 15 is 0 Å². The standard InChI is InChI=1S/C23H26F3N3O/c1-16-8-11-28-17(2)20(16)14-29-12-10-22(15-29,21(30)23(24,25)26)9-7-18-3-5-19(13-27)6-4-18/h3-6,8,11,21,30H,7,9-10,12,14-15H2,1-2H3/t21-,22-/m1/s1. The minimum absolute atomic E-state index is 0.178. The fourth-order valence-corrected chi connectivity index (χ4v) is 4.36. The highest BCUT2D eigenvalue weighted by Crippen LogP contribution is 2.45. The molecule has 2 heterocycles. The van der Waals surface area contributed by atoms with E-state index in [1.165, 1.54) is 0 Å². The largest absolute Gasteiger partial charge is 0.414 e. The third kappa shape index (κ3) is 4.82. The average molecular weight is 417 g/mol. The highest BCUT2D eigenvalue weighted by molar-refractivity contribution is 5.32. The smallest absolute Gasteiger partial charge is 0.383 e. The number of rotatable bonds is 6. The van der Waals surface area contributed by atoms with Crippen LogP contribution in [0.2, 0.25) is 0 Å². The maximum absolute atomic E-state index is 13.5. The van der Waals surface area contributed by atoms with Gasteiger partial charge in [-0.3, -0.25) is 9.88 Å². The summed E-state index contributed by atoms with van der Waals surface area (Å²) in [4.78, 5) is 6.29. The summed E-state index contributed by atoms with van der Waals surface area (Å²) in [5.41, 5.74) is 3.09. The van der Waals surface area contributed by atoms with Crippen molar-refractivity contribution in [1.82, 2.24) is 9.88 Å². The van der Waals surface area contributed by atoms with Gasteiger partial charge >= 0.3 is 6.18 Å². The molecule has 0 amide bonds. The number of pyridine rings is 1. The van der Waals surface area contributed by atoms with Gasteiger partial charge in [0.2, 0.25) is 0 Å². The van der Waals surface area contributed by atoms with Crippen LogP contribution in [-0.4, -0.2) is 40.4 Å². The SMILES string of the molecule is Cc1ccnc(C)c1CN1CC[C@@](CCc2ccc(C#N)cc2)([C@@H](O)C(F)(F)F)C1. The molecule has 4 nitrogen and oxygen atoms in total. The molecule has 0 saturated carbocycles. The first-order chi connectivity index (χ1) is 14.1. The Morgan fingerprint density at radius 3 is 2.53 bits per heavy atom. The van der Waals surface area contributed by atoms with Gasteiger partial charge < -0.3 is 5.11 Å². The number of benzene rings is 1. The number of halogens is 3. The maximum atomic E-state index is 13.5. The Bertz CT molecular complexity index is 901. The van der Waals surface area contributed by atoms with Crippen LogP contribution in [0.5, 0.6) is 0 Å². The van der Waals surface area contributed by atoms with Crippen LogP contribution in [0.3, 0.4) is 0 Å². The van der Waals surface area contributed by atoms with Crippen LogP contribution in [0.4, 0.5) is 13.2 Å².